The van der Waals surface area contributed by atoms with Crippen LogP contribution in [0.15, 0.2) is 40.0 Å². The first kappa shape index (κ1) is 9.86. The minimum absolute atomic E-state index is 0.292. The lowest BCUT2D eigenvalue weighted by Gasteiger charge is -2.18. The van der Waals surface area contributed by atoms with Gasteiger partial charge in [-0.15, -0.1) is 0 Å². The second-order valence-electron chi connectivity index (χ2n) is 3.13. The van der Waals surface area contributed by atoms with Gasteiger partial charge in [0, 0.05) is 11.2 Å². The van der Waals surface area contributed by atoms with Gasteiger partial charge >= 0.3 is 5.97 Å². The molecular weight excluding hydrogens is 218 g/mol. The molecule has 0 aromatic rings. The predicted octanol–water partition coefficient (Wildman–Crippen LogP) is 1.29. The second kappa shape index (κ2) is 3.47. The quantitative estimate of drug-likeness (QED) is 0.681. The number of hydrogen-bond donors (Lipinski definition) is 1. The van der Waals surface area contributed by atoms with Gasteiger partial charge in [-0.1, -0.05) is 17.7 Å². The fourth-order valence-electron chi connectivity index (χ4n) is 1.44. The molecule has 2 rings (SSSR count). The third kappa shape index (κ3) is 1.64. The fourth-order valence-corrected chi connectivity index (χ4v) is 1.62. The summed E-state index contributed by atoms with van der Waals surface area (Å²) >= 11 is 5.73. The van der Waals surface area contributed by atoms with Crippen molar-refractivity contribution in [3.05, 3.63) is 35.0 Å². The molecule has 1 aliphatic carbocycles. The van der Waals surface area contributed by atoms with Crippen molar-refractivity contribution in [1.29, 1.82) is 0 Å². The zero-order valence-electron chi connectivity index (χ0n) is 7.48. The maximum Gasteiger partial charge on any atom is 0.340 e. The summed E-state index contributed by atoms with van der Waals surface area (Å²) in [5.74, 6) is -2.32. The van der Waals surface area contributed by atoms with E-state index in [9.17, 15) is 9.59 Å². The fraction of sp³-hybridized carbons (Fsp3) is 0.100. The Morgan fingerprint density at radius 1 is 1.53 bits per heavy atom. The molecule has 5 heteroatoms. The molecule has 1 N–H and O–H groups in total. The lowest BCUT2D eigenvalue weighted by Crippen LogP contribution is -2.29. The summed E-state index contributed by atoms with van der Waals surface area (Å²) < 4.78 is 0. The largest absolute Gasteiger partial charge is 0.478 e. The Kier molecular flexibility index (Phi) is 2.28. The smallest absolute Gasteiger partial charge is 0.340 e. The van der Waals surface area contributed by atoms with E-state index in [-0.39, 0.29) is 5.57 Å². The van der Waals surface area contributed by atoms with E-state index in [4.69, 9.17) is 16.7 Å². The Labute approximate surface area is 90.3 Å². The highest BCUT2D eigenvalue weighted by Crippen LogP contribution is 2.23. The Morgan fingerprint density at radius 3 is 2.93 bits per heavy atom. The van der Waals surface area contributed by atoms with E-state index in [0.717, 1.165) is 6.20 Å². The molecule has 0 amide bonds. The standard InChI is InChI=1S/C10H6ClNO3/c11-5-1-2-6-8(3-5)12-4-7(9(6)13)10(14)15/h1-4,6H,(H,14,15). The van der Waals surface area contributed by atoms with Gasteiger partial charge in [-0.25, -0.2) is 4.79 Å². The first-order valence-electron chi connectivity index (χ1n) is 4.20. The molecule has 1 atom stereocenters. The molecule has 0 fully saturated rings. The van der Waals surface area contributed by atoms with Crippen LogP contribution in [0.5, 0.6) is 0 Å². The number of carbonyl (C=O) groups excluding carboxylic acids is 1. The summed E-state index contributed by atoms with van der Waals surface area (Å²) in [7, 11) is 0. The van der Waals surface area contributed by atoms with Crippen LogP contribution in [0, 0.1) is 5.92 Å². The van der Waals surface area contributed by atoms with E-state index < -0.39 is 17.7 Å². The molecule has 4 nitrogen and oxygen atoms in total. The number of halogens is 1. The maximum atomic E-state index is 11.7. The van der Waals surface area contributed by atoms with Gasteiger partial charge in [0.15, 0.2) is 5.78 Å². The van der Waals surface area contributed by atoms with Crippen molar-refractivity contribution < 1.29 is 14.7 Å². The van der Waals surface area contributed by atoms with E-state index in [0.29, 0.717) is 10.7 Å². The highest BCUT2D eigenvalue weighted by atomic mass is 35.5. The van der Waals surface area contributed by atoms with E-state index in [1.54, 1.807) is 18.2 Å². The number of aliphatic imine (C=N–C) groups is 1. The first-order valence-corrected chi connectivity index (χ1v) is 4.58. The number of rotatable bonds is 1. The van der Waals surface area contributed by atoms with Gasteiger partial charge in [-0.2, -0.15) is 0 Å². The molecule has 0 saturated carbocycles. The van der Waals surface area contributed by atoms with Gasteiger partial charge in [0.2, 0.25) is 0 Å². The van der Waals surface area contributed by atoms with Crippen LogP contribution in [-0.4, -0.2) is 22.6 Å². The van der Waals surface area contributed by atoms with Crippen molar-refractivity contribution >= 4 is 29.1 Å². The van der Waals surface area contributed by atoms with E-state index in [1.807, 2.05) is 0 Å². The topological polar surface area (TPSA) is 66.7 Å². The van der Waals surface area contributed by atoms with Crippen molar-refractivity contribution in [2.75, 3.05) is 0 Å². The van der Waals surface area contributed by atoms with Crippen LogP contribution in [-0.2, 0) is 9.59 Å². The summed E-state index contributed by atoms with van der Waals surface area (Å²) in [6, 6.07) is 0. The van der Waals surface area contributed by atoms with Crippen molar-refractivity contribution in [3.63, 3.8) is 0 Å². The molecular formula is C10H6ClNO3. The van der Waals surface area contributed by atoms with Crippen LogP contribution < -0.4 is 0 Å². The van der Waals surface area contributed by atoms with Gasteiger partial charge in [0.25, 0.3) is 0 Å². The molecule has 0 radical (unpaired) electrons. The molecule has 0 saturated heterocycles. The zero-order valence-corrected chi connectivity index (χ0v) is 8.23. The van der Waals surface area contributed by atoms with Crippen LogP contribution in [0.25, 0.3) is 0 Å². The van der Waals surface area contributed by atoms with Crippen LogP contribution in [0.1, 0.15) is 0 Å². The molecule has 1 aliphatic heterocycles. The lowest BCUT2D eigenvalue weighted by atomic mass is 9.88. The number of hydrogen-bond acceptors (Lipinski definition) is 3. The van der Waals surface area contributed by atoms with Gasteiger partial charge in [-0.3, -0.25) is 9.79 Å². The number of aliphatic carboxylic acids is 1. The molecule has 1 unspecified atom stereocenters. The molecule has 1 heterocycles. The number of Topliss-reactive ketones (excluding diaryl/α,β-unsaturated/α-hetero) is 1. The minimum Gasteiger partial charge on any atom is -0.478 e. The van der Waals surface area contributed by atoms with E-state index in [2.05, 4.69) is 4.99 Å². The first-order chi connectivity index (χ1) is 7.09. The number of fused-ring (bicyclic) bond motifs is 1. The van der Waals surface area contributed by atoms with Crippen LogP contribution in [0.4, 0.5) is 0 Å². The summed E-state index contributed by atoms with van der Waals surface area (Å²) in [5, 5.41) is 9.20. The number of allylic oxidation sites excluding steroid dienone is 4. The van der Waals surface area contributed by atoms with Crippen LogP contribution in [0.3, 0.4) is 0 Å². The lowest BCUT2D eigenvalue weighted by molar-refractivity contribution is -0.134. The van der Waals surface area contributed by atoms with Crippen molar-refractivity contribution in [2.45, 2.75) is 0 Å². The monoisotopic (exact) mass is 223 g/mol. The Hall–Kier alpha value is -1.68. The normalized spacial score (nSPS) is 23.9. The Morgan fingerprint density at radius 2 is 2.27 bits per heavy atom. The van der Waals surface area contributed by atoms with Gasteiger partial charge in [0.1, 0.15) is 5.57 Å². The van der Waals surface area contributed by atoms with E-state index >= 15 is 0 Å². The summed E-state index contributed by atoms with van der Waals surface area (Å²) in [6.45, 7) is 0. The maximum absolute atomic E-state index is 11.7. The van der Waals surface area contributed by atoms with Gasteiger partial charge in [0.05, 0.1) is 11.6 Å². The number of carboxylic acids is 1. The summed E-state index contributed by atoms with van der Waals surface area (Å²) in [6.07, 6.45) is 5.74. The van der Waals surface area contributed by atoms with Gasteiger partial charge in [-0.05, 0) is 12.2 Å². The molecule has 76 valence electrons. The molecule has 15 heavy (non-hydrogen) atoms. The highest BCUT2D eigenvalue weighted by molar-refractivity contribution is 6.36. The van der Waals surface area contributed by atoms with Crippen molar-refractivity contribution in [3.8, 4) is 0 Å². The number of carboxylic acid groups (broad SMARTS) is 1. The van der Waals surface area contributed by atoms with Crippen molar-refractivity contribution in [2.24, 2.45) is 10.9 Å². The third-order valence-corrected chi connectivity index (χ3v) is 2.41. The predicted molar refractivity (Wildman–Crippen MR) is 54.7 cm³/mol. The Balaban J connectivity index is 2.45. The van der Waals surface area contributed by atoms with Crippen molar-refractivity contribution in [1.82, 2.24) is 0 Å². The Bertz CT molecular complexity index is 471. The minimum atomic E-state index is -1.25. The molecule has 2 aliphatic rings. The molecule has 0 aromatic heterocycles. The van der Waals surface area contributed by atoms with Crippen LogP contribution in [0.2, 0.25) is 0 Å². The number of carbonyl (C=O) groups is 2. The number of ketones is 1. The van der Waals surface area contributed by atoms with Crippen LogP contribution >= 0.6 is 11.6 Å². The molecule has 0 spiro atoms. The van der Waals surface area contributed by atoms with Gasteiger partial charge < -0.3 is 5.11 Å². The van der Waals surface area contributed by atoms with E-state index in [1.165, 1.54) is 0 Å². The average Bonchev–Trinajstić information content (AvgIpc) is 2.17. The SMILES string of the molecule is O=C(O)C1=CN=C2C=C(Cl)C=CC2C1=O. The average molecular weight is 224 g/mol. The zero-order chi connectivity index (χ0) is 11.0. The number of nitrogens with zero attached hydrogens (tertiary/aromatic N) is 1. The molecule has 0 aromatic carbocycles. The highest BCUT2D eigenvalue weighted by Gasteiger charge is 2.31. The summed E-state index contributed by atoms with van der Waals surface area (Å²) in [4.78, 5) is 26.2. The third-order valence-electron chi connectivity index (χ3n) is 2.17. The second-order valence-corrected chi connectivity index (χ2v) is 3.57. The summed E-state index contributed by atoms with van der Waals surface area (Å²) in [5.41, 5.74) is 0.192. The molecule has 0 bridgehead atoms.